The highest BCUT2D eigenvalue weighted by atomic mass is 16.4. The number of nitrogens with zero attached hydrogens (tertiary/aromatic N) is 1. The maximum absolute atomic E-state index is 9.19. The zero-order chi connectivity index (χ0) is 8.43. The number of hydrogen-bond acceptors (Lipinski definition) is 4. The van der Waals surface area contributed by atoms with Gasteiger partial charge in [0.1, 0.15) is 5.75 Å². The predicted molar refractivity (Wildman–Crippen MR) is 40.5 cm³/mol. The molecule has 0 unspecified atom stereocenters. The Bertz CT molecular complexity index is 264. The van der Waals surface area contributed by atoms with Gasteiger partial charge in [-0.3, -0.25) is 4.98 Å². The highest BCUT2D eigenvalue weighted by Crippen LogP contribution is 2.08. The zero-order valence-corrected chi connectivity index (χ0v) is 6.02. The normalized spacial score (nSPS) is 9.73. The van der Waals surface area contributed by atoms with Gasteiger partial charge in [-0.2, -0.15) is 0 Å². The molecule has 4 nitrogen and oxygen atoms in total. The summed E-state index contributed by atoms with van der Waals surface area (Å²) in [6.45, 7) is 1.58. The van der Waals surface area contributed by atoms with Gasteiger partial charge in [-0.1, -0.05) is 0 Å². The molecule has 0 fully saturated rings. The van der Waals surface area contributed by atoms with E-state index in [0.29, 0.717) is 5.69 Å². The summed E-state index contributed by atoms with van der Waals surface area (Å²) in [6.07, 6.45) is 1.41. The summed E-state index contributed by atoms with van der Waals surface area (Å²) in [5, 5.41) is 26.6. The van der Waals surface area contributed by atoms with Gasteiger partial charge in [0.15, 0.2) is 0 Å². The maximum atomic E-state index is 9.19. The van der Waals surface area contributed by atoms with Crippen molar-refractivity contribution in [3.05, 3.63) is 18.0 Å². The summed E-state index contributed by atoms with van der Waals surface area (Å²) in [5.41, 5.74) is 0.466. The lowest BCUT2D eigenvalue weighted by Crippen LogP contribution is -2.30. The second-order valence-corrected chi connectivity index (χ2v) is 2.21. The largest absolute Gasteiger partial charge is 0.506 e. The molecule has 1 aromatic rings. The number of rotatable bonds is 1. The molecule has 0 bridgehead atoms. The first-order valence-electron chi connectivity index (χ1n) is 3.13. The van der Waals surface area contributed by atoms with Crippen LogP contribution in [0.1, 0.15) is 5.69 Å². The molecule has 0 aliphatic rings. The van der Waals surface area contributed by atoms with Crippen molar-refractivity contribution in [3.63, 3.8) is 0 Å². The van der Waals surface area contributed by atoms with Crippen LogP contribution < -0.4 is 5.46 Å². The lowest BCUT2D eigenvalue weighted by atomic mass is 9.80. The third kappa shape index (κ3) is 1.50. The Morgan fingerprint density at radius 2 is 2.09 bits per heavy atom. The van der Waals surface area contributed by atoms with E-state index in [9.17, 15) is 5.11 Å². The molecule has 0 aromatic carbocycles. The van der Waals surface area contributed by atoms with Gasteiger partial charge in [-0.15, -0.1) is 0 Å². The van der Waals surface area contributed by atoms with E-state index in [-0.39, 0.29) is 11.2 Å². The van der Waals surface area contributed by atoms with E-state index < -0.39 is 7.12 Å². The van der Waals surface area contributed by atoms with Crippen LogP contribution in [0.15, 0.2) is 12.3 Å². The van der Waals surface area contributed by atoms with Crippen molar-refractivity contribution in [2.45, 2.75) is 6.92 Å². The second-order valence-electron chi connectivity index (χ2n) is 2.21. The van der Waals surface area contributed by atoms with Crippen molar-refractivity contribution < 1.29 is 15.2 Å². The SMILES string of the molecule is Cc1nccc(B(O)O)c1O. The molecule has 0 aliphatic heterocycles. The van der Waals surface area contributed by atoms with Crippen molar-refractivity contribution in [3.8, 4) is 5.75 Å². The fourth-order valence-corrected chi connectivity index (χ4v) is 0.787. The van der Waals surface area contributed by atoms with Gasteiger partial charge >= 0.3 is 7.12 Å². The molecule has 1 rings (SSSR count). The van der Waals surface area contributed by atoms with E-state index in [4.69, 9.17) is 10.0 Å². The Labute approximate surface area is 64.3 Å². The first-order chi connectivity index (χ1) is 5.13. The van der Waals surface area contributed by atoms with Crippen molar-refractivity contribution in [2.24, 2.45) is 0 Å². The van der Waals surface area contributed by atoms with Crippen molar-refractivity contribution in [1.29, 1.82) is 0 Å². The Morgan fingerprint density at radius 1 is 1.45 bits per heavy atom. The first kappa shape index (κ1) is 8.04. The number of aryl methyl sites for hydroxylation is 1. The second kappa shape index (κ2) is 2.90. The summed E-state index contributed by atoms with van der Waals surface area (Å²) in [5.74, 6) is -0.164. The third-order valence-corrected chi connectivity index (χ3v) is 1.42. The van der Waals surface area contributed by atoms with Crippen LogP contribution in [0.25, 0.3) is 0 Å². The number of aromatic hydroxyl groups is 1. The number of hydrogen-bond donors (Lipinski definition) is 3. The summed E-state index contributed by atoms with van der Waals surface area (Å²) in [7, 11) is -1.64. The molecule has 58 valence electrons. The van der Waals surface area contributed by atoms with Crippen LogP contribution in [-0.4, -0.2) is 27.3 Å². The smallest absolute Gasteiger partial charge is 0.492 e. The zero-order valence-electron chi connectivity index (χ0n) is 6.02. The molecule has 0 aliphatic carbocycles. The van der Waals surface area contributed by atoms with Crippen molar-refractivity contribution >= 4 is 12.6 Å². The van der Waals surface area contributed by atoms with Crippen LogP contribution in [0, 0.1) is 6.92 Å². The van der Waals surface area contributed by atoms with E-state index >= 15 is 0 Å². The molecule has 0 atom stereocenters. The van der Waals surface area contributed by atoms with E-state index in [1.54, 1.807) is 6.92 Å². The average molecular weight is 153 g/mol. The topological polar surface area (TPSA) is 73.6 Å². The molecule has 0 saturated carbocycles. The van der Waals surface area contributed by atoms with Gasteiger partial charge in [0.2, 0.25) is 0 Å². The highest BCUT2D eigenvalue weighted by Gasteiger charge is 2.16. The summed E-state index contributed by atoms with van der Waals surface area (Å²) >= 11 is 0. The van der Waals surface area contributed by atoms with Gasteiger partial charge in [0, 0.05) is 11.7 Å². The lowest BCUT2D eigenvalue weighted by Gasteiger charge is -2.03. The molecular weight excluding hydrogens is 145 g/mol. The monoisotopic (exact) mass is 153 g/mol. The minimum absolute atomic E-state index is 0.0810. The predicted octanol–water partition coefficient (Wildman–Crippen LogP) is -1.22. The standard InChI is InChI=1S/C6H8BNO3/c1-4-6(9)5(7(10)11)2-3-8-4/h2-3,9-11H,1H3. The molecule has 1 heterocycles. The Hall–Kier alpha value is -1.07. The lowest BCUT2D eigenvalue weighted by molar-refractivity contribution is 0.418. The van der Waals surface area contributed by atoms with Gasteiger partial charge in [0.25, 0.3) is 0 Å². The maximum Gasteiger partial charge on any atom is 0.492 e. The molecule has 1 aromatic heterocycles. The fraction of sp³-hybridized carbons (Fsp3) is 0.167. The fourth-order valence-electron chi connectivity index (χ4n) is 0.787. The van der Waals surface area contributed by atoms with Crippen molar-refractivity contribution in [2.75, 3.05) is 0 Å². The van der Waals surface area contributed by atoms with Crippen LogP contribution in [-0.2, 0) is 0 Å². The molecular formula is C6H8BNO3. The Balaban J connectivity index is 3.17. The van der Waals surface area contributed by atoms with E-state index in [1.165, 1.54) is 12.3 Å². The average Bonchev–Trinajstić information content (AvgIpc) is 1.94. The third-order valence-electron chi connectivity index (χ3n) is 1.42. The van der Waals surface area contributed by atoms with Gasteiger partial charge < -0.3 is 15.2 Å². The van der Waals surface area contributed by atoms with Gasteiger partial charge in [-0.25, -0.2) is 0 Å². The molecule has 11 heavy (non-hydrogen) atoms. The summed E-state index contributed by atoms with van der Waals surface area (Å²) in [6, 6.07) is 1.35. The van der Waals surface area contributed by atoms with Gasteiger partial charge in [0.05, 0.1) is 5.69 Å². The molecule has 0 amide bonds. The van der Waals surface area contributed by atoms with E-state index in [1.807, 2.05) is 0 Å². The van der Waals surface area contributed by atoms with Crippen molar-refractivity contribution in [1.82, 2.24) is 4.98 Å². The molecule has 0 saturated heterocycles. The molecule has 3 N–H and O–H groups in total. The minimum atomic E-state index is -1.64. The number of pyridine rings is 1. The number of aromatic nitrogens is 1. The van der Waals surface area contributed by atoms with Crippen LogP contribution >= 0.6 is 0 Å². The Morgan fingerprint density at radius 3 is 2.55 bits per heavy atom. The summed E-state index contributed by atoms with van der Waals surface area (Å²) in [4.78, 5) is 3.75. The van der Waals surface area contributed by atoms with Crippen LogP contribution in [0.4, 0.5) is 0 Å². The van der Waals surface area contributed by atoms with E-state index in [0.717, 1.165) is 0 Å². The first-order valence-corrected chi connectivity index (χ1v) is 3.13. The Kier molecular flexibility index (Phi) is 2.12. The van der Waals surface area contributed by atoms with E-state index in [2.05, 4.69) is 4.98 Å². The molecule has 0 spiro atoms. The summed E-state index contributed by atoms with van der Waals surface area (Å²) < 4.78 is 0. The highest BCUT2D eigenvalue weighted by molar-refractivity contribution is 6.59. The van der Waals surface area contributed by atoms with Gasteiger partial charge in [-0.05, 0) is 13.0 Å². The quantitative estimate of drug-likeness (QED) is 0.442. The molecule has 0 radical (unpaired) electrons. The van der Waals surface area contributed by atoms with Crippen LogP contribution in [0.3, 0.4) is 0 Å². The van der Waals surface area contributed by atoms with Crippen LogP contribution in [0.2, 0.25) is 0 Å². The minimum Gasteiger partial charge on any atom is -0.506 e. The molecule has 5 heteroatoms. The van der Waals surface area contributed by atoms with Crippen LogP contribution in [0.5, 0.6) is 5.75 Å².